The smallest absolute Gasteiger partial charge is 0.127 e. The van der Waals surface area contributed by atoms with Crippen molar-refractivity contribution in [2.45, 2.75) is 19.7 Å². The number of halogens is 2. The summed E-state index contributed by atoms with van der Waals surface area (Å²) in [4.78, 5) is 0. The van der Waals surface area contributed by atoms with Gasteiger partial charge in [-0.3, -0.25) is 0 Å². The Labute approximate surface area is 117 Å². The van der Waals surface area contributed by atoms with Gasteiger partial charge < -0.3 is 10.1 Å². The highest BCUT2D eigenvalue weighted by atomic mass is 19.1. The summed E-state index contributed by atoms with van der Waals surface area (Å²) in [6.45, 7) is 1.44. The summed E-state index contributed by atoms with van der Waals surface area (Å²) in [5, 5.41) is 3.11. The van der Waals surface area contributed by atoms with Gasteiger partial charge in [-0.1, -0.05) is 24.3 Å². The molecule has 0 unspecified atom stereocenters. The summed E-state index contributed by atoms with van der Waals surface area (Å²) in [6, 6.07) is 11.4. The average Bonchev–Trinajstić information content (AvgIpc) is 2.43. The van der Waals surface area contributed by atoms with Crippen LogP contribution in [0.15, 0.2) is 42.5 Å². The molecule has 0 aromatic heterocycles. The molecule has 0 radical (unpaired) electrons. The SMILES string of the molecule is COCc1cccc(CNCc2cc(F)ccc2F)c1. The predicted octanol–water partition coefficient (Wildman–Crippen LogP) is 3.40. The third-order valence-corrected chi connectivity index (χ3v) is 2.95. The first-order chi connectivity index (χ1) is 9.69. The summed E-state index contributed by atoms with van der Waals surface area (Å²) >= 11 is 0. The molecule has 0 aliphatic carbocycles. The zero-order valence-electron chi connectivity index (χ0n) is 11.3. The van der Waals surface area contributed by atoms with Crippen LogP contribution in [0.1, 0.15) is 16.7 Å². The van der Waals surface area contributed by atoms with Crippen LogP contribution < -0.4 is 5.32 Å². The lowest BCUT2D eigenvalue weighted by Crippen LogP contribution is -2.14. The quantitative estimate of drug-likeness (QED) is 0.873. The molecule has 0 saturated heterocycles. The summed E-state index contributed by atoms with van der Waals surface area (Å²) < 4.78 is 31.5. The first-order valence-electron chi connectivity index (χ1n) is 6.40. The largest absolute Gasteiger partial charge is 0.380 e. The highest BCUT2D eigenvalue weighted by molar-refractivity contribution is 5.23. The predicted molar refractivity (Wildman–Crippen MR) is 74.1 cm³/mol. The molecule has 1 N–H and O–H groups in total. The van der Waals surface area contributed by atoms with Gasteiger partial charge in [0.15, 0.2) is 0 Å². The molecule has 0 spiro atoms. The van der Waals surface area contributed by atoms with E-state index in [1.807, 2.05) is 24.3 Å². The molecule has 0 heterocycles. The van der Waals surface area contributed by atoms with E-state index >= 15 is 0 Å². The van der Waals surface area contributed by atoms with Crippen LogP contribution in [-0.4, -0.2) is 7.11 Å². The Morgan fingerprint density at radius 3 is 2.60 bits per heavy atom. The van der Waals surface area contributed by atoms with Gasteiger partial charge in [-0.2, -0.15) is 0 Å². The van der Waals surface area contributed by atoms with E-state index in [0.29, 0.717) is 18.7 Å². The molecule has 4 heteroatoms. The van der Waals surface area contributed by atoms with Crippen LogP contribution in [0, 0.1) is 11.6 Å². The summed E-state index contributed by atoms with van der Waals surface area (Å²) in [5.74, 6) is -0.822. The molecule has 2 aromatic carbocycles. The standard InChI is InChI=1S/C16H17F2NO/c1-20-11-13-4-2-3-12(7-13)9-19-10-14-8-15(17)5-6-16(14)18/h2-8,19H,9-11H2,1H3. The average molecular weight is 277 g/mol. The van der Waals surface area contributed by atoms with Gasteiger partial charge in [-0.05, 0) is 29.3 Å². The van der Waals surface area contributed by atoms with Gasteiger partial charge in [-0.15, -0.1) is 0 Å². The van der Waals surface area contributed by atoms with Crippen molar-refractivity contribution in [3.05, 3.63) is 70.8 Å². The van der Waals surface area contributed by atoms with Crippen molar-refractivity contribution in [1.82, 2.24) is 5.32 Å². The van der Waals surface area contributed by atoms with E-state index in [9.17, 15) is 8.78 Å². The molecule has 0 saturated carbocycles. The Morgan fingerprint density at radius 1 is 1.00 bits per heavy atom. The van der Waals surface area contributed by atoms with Gasteiger partial charge in [0.1, 0.15) is 11.6 Å². The number of nitrogens with one attached hydrogen (secondary N) is 1. The van der Waals surface area contributed by atoms with Gasteiger partial charge in [0.05, 0.1) is 6.61 Å². The minimum absolute atomic E-state index is 0.290. The minimum atomic E-state index is -0.426. The molecule has 0 aliphatic heterocycles. The molecule has 106 valence electrons. The third-order valence-electron chi connectivity index (χ3n) is 2.95. The maximum atomic E-state index is 13.4. The number of hydrogen-bond donors (Lipinski definition) is 1. The van der Waals surface area contributed by atoms with Gasteiger partial charge in [0.2, 0.25) is 0 Å². The van der Waals surface area contributed by atoms with Crippen molar-refractivity contribution in [3.8, 4) is 0 Å². The highest BCUT2D eigenvalue weighted by Gasteiger charge is 2.03. The molecule has 2 nitrogen and oxygen atoms in total. The molecule has 0 atom stereocenters. The fourth-order valence-corrected chi connectivity index (χ4v) is 2.02. The van der Waals surface area contributed by atoms with E-state index in [-0.39, 0.29) is 6.54 Å². The van der Waals surface area contributed by atoms with Gasteiger partial charge in [0, 0.05) is 25.8 Å². The normalized spacial score (nSPS) is 10.8. The number of hydrogen-bond acceptors (Lipinski definition) is 2. The first kappa shape index (κ1) is 14.6. The van der Waals surface area contributed by atoms with Crippen molar-refractivity contribution in [1.29, 1.82) is 0 Å². The molecule has 0 aliphatic rings. The van der Waals surface area contributed by atoms with Crippen LogP contribution in [0.3, 0.4) is 0 Å². The maximum Gasteiger partial charge on any atom is 0.127 e. The topological polar surface area (TPSA) is 21.3 Å². The molecule has 0 bridgehead atoms. The highest BCUT2D eigenvalue weighted by Crippen LogP contribution is 2.10. The second-order valence-electron chi connectivity index (χ2n) is 4.59. The van der Waals surface area contributed by atoms with Crippen LogP contribution in [0.2, 0.25) is 0 Å². The molecule has 2 aromatic rings. The second kappa shape index (κ2) is 7.12. The van der Waals surface area contributed by atoms with Crippen molar-refractivity contribution in [2.75, 3.05) is 7.11 Å². The lowest BCUT2D eigenvalue weighted by molar-refractivity contribution is 0.185. The number of methoxy groups -OCH3 is 1. The van der Waals surface area contributed by atoms with Crippen LogP contribution in [0.25, 0.3) is 0 Å². The fourth-order valence-electron chi connectivity index (χ4n) is 2.02. The molecule has 2 rings (SSSR count). The summed E-state index contributed by atoms with van der Waals surface area (Å²) in [7, 11) is 1.65. The number of ether oxygens (including phenoxy) is 1. The van der Waals surface area contributed by atoms with Crippen molar-refractivity contribution >= 4 is 0 Å². The van der Waals surface area contributed by atoms with Crippen molar-refractivity contribution in [2.24, 2.45) is 0 Å². The molecule has 20 heavy (non-hydrogen) atoms. The van der Waals surface area contributed by atoms with Crippen LogP contribution in [-0.2, 0) is 24.4 Å². The van der Waals surface area contributed by atoms with E-state index in [4.69, 9.17) is 4.74 Å². The Hall–Kier alpha value is -1.78. The van der Waals surface area contributed by atoms with E-state index in [2.05, 4.69) is 5.32 Å². The van der Waals surface area contributed by atoms with Crippen molar-refractivity contribution < 1.29 is 13.5 Å². The monoisotopic (exact) mass is 277 g/mol. The van der Waals surface area contributed by atoms with Gasteiger partial charge in [-0.25, -0.2) is 8.78 Å². The Kier molecular flexibility index (Phi) is 5.21. The molecule has 0 fully saturated rings. The summed E-state index contributed by atoms with van der Waals surface area (Å²) in [6.07, 6.45) is 0. The van der Waals surface area contributed by atoms with Crippen molar-refractivity contribution in [3.63, 3.8) is 0 Å². The maximum absolute atomic E-state index is 13.4. The molecular formula is C16H17F2NO. The van der Waals surface area contributed by atoms with Crippen LogP contribution >= 0.6 is 0 Å². The first-order valence-corrected chi connectivity index (χ1v) is 6.40. The van der Waals surface area contributed by atoms with E-state index in [1.165, 1.54) is 6.07 Å². The Bertz CT molecular complexity index is 572. The fraction of sp³-hybridized carbons (Fsp3) is 0.250. The molecular weight excluding hydrogens is 260 g/mol. The molecule has 0 amide bonds. The number of benzene rings is 2. The van der Waals surface area contributed by atoms with E-state index < -0.39 is 11.6 Å². The number of rotatable bonds is 6. The van der Waals surface area contributed by atoms with Crippen LogP contribution in [0.4, 0.5) is 8.78 Å². The summed E-state index contributed by atoms with van der Waals surface area (Å²) in [5.41, 5.74) is 2.50. The second-order valence-corrected chi connectivity index (χ2v) is 4.59. The van der Waals surface area contributed by atoms with E-state index in [0.717, 1.165) is 23.3 Å². The zero-order chi connectivity index (χ0) is 14.4. The zero-order valence-corrected chi connectivity index (χ0v) is 11.3. The third kappa shape index (κ3) is 4.11. The van der Waals surface area contributed by atoms with Crippen LogP contribution in [0.5, 0.6) is 0 Å². The van der Waals surface area contributed by atoms with Gasteiger partial charge in [0.25, 0.3) is 0 Å². The lowest BCUT2D eigenvalue weighted by atomic mass is 10.1. The Balaban J connectivity index is 1.92. The minimum Gasteiger partial charge on any atom is -0.380 e. The lowest BCUT2D eigenvalue weighted by Gasteiger charge is -2.08. The van der Waals surface area contributed by atoms with E-state index in [1.54, 1.807) is 7.11 Å². The van der Waals surface area contributed by atoms with Gasteiger partial charge >= 0.3 is 0 Å². The Morgan fingerprint density at radius 2 is 1.80 bits per heavy atom.